The first-order valence-electron chi connectivity index (χ1n) is 5.55. The third-order valence-electron chi connectivity index (χ3n) is 2.52. The minimum Gasteiger partial charge on any atom is -0.381 e. The molecule has 19 heavy (non-hydrogen) atoms. The summed E-state index contributed by atoms with van der Waals surface area (Å²) >= 11 is 5.81. The van der Waals surface area contributed by atoms with Crippen LogP contribution in [0.5, 0.6) is 0 Å². The van der Waals surface area contributed by atoms with E-state index in [1.165, 1.54) is 12.1 Å². The van der Waals surface area contributed by atoms with Crippen LogP contribution in [0.4, 0.5) is 18.9 Å². The fourth-order valence-corrected chi connectivity index (χ4v) is 1.91. The maximum atomic E-state index is 12.8. The summed E-state index contributed by atoms with van der Waals surface area (Å²) in [5, 5.41) is 6.73. The molecule has 0 aliphatic heterocycles. The van der Waals surface area contributed by atoms with Crippen LogP contribution >= 0.6 is 11.6 Å². The van der Waals surface area contributed by atoms with Gasteiger partial charge in [0.25, 0.3) is 0 Å². The van der Waals surface area contributed by atoms with Crippen LogP contribution in [0.25, 0.3) is 0 Å². The Morgan fingerprint density at radius 3 is 2.68 bits per heavy atom. The number of rotatable bonds is 4. The van der Waals surface area contributed by atoms with E-state index in [1.807, 2.05) is 0 Å². The Bertz CT molecular complexity index is 538. The van der Waals surface area contributed by atoms with Crippen LogP contribution < -0.4 is 5.32 Å². The van der Waals surface area contributed by atoms with Crippen LogP contribution in [0.15, 0.2) is 36.7 Å². The molecule has 0 fully saturated rings. The maximum absolute atomic E-state index is 12.8. The van der Waals surface area contributed by atoms with Crippen molar-refractivity contribution in [3.63, 3.8) is 0 Å². The van der Waals surface area contributed by atoms with Crippen LogP contribution in [0.2, 0.25) is 5.02 Å². The average molecular weight is 290 g/mol. The van der Waals surface area contributed by atoms with Crippen LogP contribution in [0.1, 0.15) is 5.56 Å². The molecule has 0 atom stereocenters. The summed E-state index contributed by atoms with van der Waals surface area (Å²) in [6.07, 6.45) is -1.09. The Morgan fingerprint density at radius 1 is 1.26 bits per heavy atom. The zero-order valence-electron chi connectivity index (χ0n) is 9.78. The van der Waals surface area contributed by atoms with Gasteiger partial charge in [-0.1, -0.05) is 17.7 Å². The van der Waals surface area contributed by atoms with Crippen molar-refractivity contribution in [2.24, 2.45) is 0 Å². The van der Waals surface area contributed by atoms with Crippen molar-refractivity contribution in [3.8, 4) is 0 Å². The number of hydrogen-bond acceptors (Lipinski definition) is 2. The van der Waals surface area contributed by atoms with Gasteiger partial charge in [0.05, 0.1) is 22.8 Å². The number of halogens is 4. The minimum absolute atomic E-state index is 0.0512. The lowest BCUT2D eigenvalue weighted by Crippen LogP contribution is -2.15. The molecule has 0 aliphatic rings. The van der Waals surface area contributed by atoms with Gasteiger partial charge in [-0.3, -0.25) is 4.68 Å². The van der Waals surface area contributed by atoms with Crippen molar-refractivity contribution in [2.45, 2.75) is 12.7 Å². The Hall–Kier alpha value is -1.69. The van der Waals surface area contributed by atoms with E-state index in [0.29, 0.717) is 13.1 Å². The third-order valence-corrected chi connectivity index (χ3v) is 2.84. The summed E-state index contributed by atoms with van der Waals surface area (Å²) in [4.78, 5) is 0. The Labute approximate surface area is 113 Å². The van der Waals surface area contributed by atoms with Gasteiger partial charge in [-0.15, -0.1) is 0 Å². The Balaban J connectivity index is 2.11. The predicted octanol–water partition coefficient (Wildman–Crippen LogP) is 3.67. The van der Waals surface area contributed by atoms with Gasteiger partial charge >= 0.3 is 6.18 Å². The van der Waals surface area contributed by atoms with Gasteiger partial charge in [-0.05, 0) is 18.2 Å². The summed E-state index contributed by atoms with van der Waals surface area (Å²) in [6.45, 7) is 0.754. The molecule has 0 radical (unpaired) electrons. The summed E-state index contributed by atoms with van der Waals surface area (Å²) in [6, 6.07) is 5.45. The highest BCUT2D eigenvalue weighted by atomic mass is 35.5. The van der Waals surface area contributed by atoms with Crippen LogP contribution in [-0.4, -0.2) is 16.3 Å². The van der Waals surface area contributed by atoms with Crippen LogP contribution in [0.3, 0.4) is 0 Å². The molecule has 0 amide bonds. The molecular weight excluding hydrogens is 279 g/mol. The molecule has 0 saturated carbocycles. The third kappa shape index (κ3) is 3.41. The normalized spacial score (nSPS) is 11.6. The van der Waals surface area contributed by atoms with Gasteiger partial charge in [-0.25, -0.2) is 0 Å². The SMILES string of the molecule is FC(F)(F)c1cccc(Cl)c1NCCn1cccn1. The van der Waals surface area contributed by atoms with E-state index in [2.05, 4.69) is 10.4 Å². The molecule has 2 aromatic rings. The van der Waals surface area contributed by atoms with E-state index < -0.39 is 11.7 Å². The molecule has 0 aliphatic carbocycles. The molecule has 2 rings (SSSR count). The van der Waals surface area contributed by atoms with E-state index in [0.717, 1.165) is 6.07 Å². The number of nitrogens with one attached hydrogen (secondary N) is 1. The van der Waals surface area contributed by atoms with E-state index in [9.17, 15) is 13.2 Å². The van der Waals surface area contributed by atoms with Crippen molar-refractivity contribution in [3.05, 3.63) is 47.2 Å². The second-order valence-corrected chi connectivity index (χ2v) is 4.26. The standard InChI is InChI=1S/C12H11ClF3N3/c13-10-4-1-3-9(12(14,15)16)11(10)17-6-8-19-7-2-5-18-19/h1-5,7,17H,6,8H2. The van der Waals surface area contributed by atoms with Crippen molar-refractivity contribution in [2.75, 3.05) is 11.9 Å². The summed E-state index contributed by atoms with van der Waals surface area (Å²) in [7, 11) is 0. The Morgan fingerprint density at radius 2 is 2.05 bits per heavy atom. The lowest BCUT2D eigenvalue weighted by atomic mass is 10.1. The second kappa shape index (κ2) is 5.52. The highest BCUT2D eigenvalue weighted by Gasteiger charge is 2.34. The van der Waals surface area contributed by atoms with E-state index in [1.54, 1.807) is 23.1 Å². The zero-order chi connectivity index (χ0) is 13.9. The van der Waals surface area contributed by atoms with Gasteiger partial charge in [0.15, 0.2) is 0 Å². The molecule has 0 spiro atoms. The molecule has 1 heterocycles. The van der Waals surface area contributed by atoms with Crippen LogP contribution in [-0.2, 0) is 12.7 Å². The van der Waals surface area contributed by atoms with E-state index in [4.69, 9.17) is 11.6 Å². The lowest BCUT2D eigenvalue weighted by Gasteiger charge is -2.15. The predicted molar refractivity (Wildman–Crippen MR) is 67.2 cm³/mol. The molecule has 0 saturated heterocycles. The number of benzene rings is 1. The molecule has 3 nitrogen and oxygen atoms in total. The molecule has 1 N–H and O–H groups in total. The van der Waals surface area contributed by atoms with E-state index >= 15 is 0 Å². The summed E-state index contributed by atoms with van der Waals surface area (Å²) in [5.41, 5.74) is -0.857. The highest BCUT2D eigenvalue weighted by Crippen LogP contribution is 2.38. The van der Waals surface area contributed by atoms with Gasteiger partial charge in [-0.2, -0.15) is 18.3 Å². The number of para-hydroxylation sites is 1. The average Bonchev–Trinajstić information content (AvgIpc) is 2.82. The summed E-state index contributed by atoms with van der Waals surface area (Å²) < 4.78 is 40.1. The largest absolute Gasteiger partial charge is 0.418 e. The first-order chi connectivity index (χ1) is 8.98. The minimum atomic E-state index is -4.43. The second-order valence-electron chi connectivity index (χ2n) is 3.86. The van der Waals surface area contributed by atoms with Gasteiger partial charge in [0, 0.05) is 18.9 Å². The maximum Gasteiger partial charge on any atom is 0.418 e. The number of aromatic nitrogens is 2. The number of anilines is 1. The van der Waals surface area contributed by atoms with Crippen molar-refractivity contribution in [1.82, 2.24) is 9.78 Å². The zero-order valence-corrected chi connectivity index (χ0v) is 10.5. The first-order valence-corrected chi connectivity index (χ1v) is 5.93. The number of hydrogen-bond donors (Lipinski definition) is 1. The van der Waals surface area contributed by atoms with Crippen LogP contribution in [0, 0.1) is 0 Å². The van der Waals surface area contributed by atoms with E-state index in [-0.39, 0.29) is 10.7 Å². The monoisotopic (exact) mass is 289 g/mol. The topological polar surface area (TPSA) is 29.9 Å². The van der Waals surface area contributed by atoms with Gasteiger partial charge in [0.2, 0.25) is 0 Å². The van der Waals surface area contributed by atoms with Crippen molar-refractivity contribution in [1.29, 1.82) is 0 Å². The summed E-state index contributed by atoms with van der Waals surface area (Å²) in [5.74, 6) is 0. The molecule has 1 aromatic heterocycles. The molecule has 0 unspecified atom stereocenters. The van der Waals surface area contributed by atoms with Gasteiger partial charge < -0.3 is 5.32 Å². The first kappa shape index (κ1) is 13.7. The fraction of sp³-hybridized carbons (Fsp3) is 0.250. The Kier molecular flexibility index (Phi) is 3.99. The molecule has 0 bridgehead atoms. The smallest absolute Gasteiger partial charge is 0.381 e. The molecular formula is C12H11ClF3N3. The van der Waals surface area contributed by atoms with Gasteiger partial charge in [0.1, 0.15) is 0 Å². The van der Waals surface area contributed by atoms with Crippen molar-refractivity contribution < 1.29 is 13.2 Å². The lowest BCUT2D eigenvalue weighted by molar-refractivity contribution is -0.136. The number of nitrogens with zero attached hydrogens (tertiary/aromatic N) is 2. The number of alkyl halides is 3. The quantitative estimate of drug-likeness (QED) is 0.931. The highest BCUT2D eigenvalue weighted by molar-refractivity contribution is 6.33. The van der Waals surface area contributed by atoms with Crippen molar-refractivity contribution >= 4 is 17.3 Å². The fourth-order valence-electron chi connectivity index (χ4n) is 1.67. The molecule has 1 aromatic carbocycles. The molecule has 7 heteroatoms. The molecule has 102 valence electrons.